The third-order valence-corrected chi connectivity index (χ3v) is 8.52. The lowest BCUT2D eigenvalue weighted by atomic mass is 10.0. The average molecular weight is 609 g/mol. The van der Waals surface area contributed by atoms with E-state index in [2.05, 4.69) is 10.4 Å². The molecule has 0 fully saturated rings. The van der Waals surface area contributed by atoms with Crippen LogP contribution < -0.4 is 14.4 Å². The summed E-state index contributed by atoms with van der Waals surface area (Å²) in [5.41, 5.74) is -0.224. The molecule has 0 aliphatic carbocycles. The van der Waals surface area contributed by atoms with Crippen molar-refractivity contribution in [1.29, 1.82) is 0 Å². The molecule has 1 aromatic heterocycles. The van der Waals surface area contributed by atoms with Gasteiger partial charge in [-0.1, -0.05) is 35.9 Å². The molecule has 1 aliphatic rings. The molecule has 1 unspecified atom stereocenters. The Hall–Kier alpha value is -4.10. The van der Waals surface area contributed by atoms with Crippen molar-refractivity contribution >= 4 is 33.2 Å². The van der Waals surface area contributed by atoms with Crippen LogP contribution in [0.2, 0.25) is 5.02 Å². The Morgan fingerprint density at radius 3 is 2.61 bits per heavy atom. The van der Waals surface area contributed by atoms with Crippen LogP contribution in [0.3, 0.4) is 0 Å². The number of hydrogen-bond acceptors (Lipinski definition) is 5. The highest BCUT2D eigenvalue weighted by atomic mass is 35.5. The van der Waals surface area contributed by atoms with Gasteiger partial charge in [0.05, 0.1) is 46.0 Å². The monoisotopic (exact) mass is 608 g/mol. The van der Waals surface area contributed by atoms with Gasteiger partial charge in [0.15, 0.2) is 0 Å². The lowest BCUT2D eigenvalue weighted by Gasteiger charge is -2.36. The Morgan fingerprint density at radius 1 is 1.15 bits per heavy atom. The number of aromatic nitrogens is 2. The number of carbonyl (C=O) groups is 1. The Bertz CT molecular complexity index is 1740. The number of fused-ring (bicyclic) bond motifs is 1. The number of nitrogens with one attached hydrogen (secondary N) is 1. The first-order chi connectivity index (χ1) is 19.3. The van der Waals surface area contributed by atoms with E-state index in [1.807, 2.05) is 0 Å². The van der Waals surface area contributed by atoms with Crippen LogP contribution in [0.25, 0.3) is 11.1 Å². The number of sulfonamides is 1. The number of carbonyl (C=O) groups excluding carboxylic acids is 1. The number of nitrogens with zero attached hydrogens (tertiary/aromatic N) is 3. The van der Waals surface area contributed by atoms with E-state index in [-0.39, 0.29) is 40.7 Å². The van der Waals surface area contributed by atoms with Crippen molar-refractivity contribution in [3.8, 4) is 16.9 Å². The summed E-state index contributed by atoms with van der Waals surface area (Å²) < 4.78 is 90.4. The van der Waals surface area contributed by atoms with Crippen molar-refractivity contribution in [1.82, 2.24) is 15.1 Å². The van der Waals surface area contributed by atoms with E-state index in [9.17, 15) is 30.8 Å². The second-order valence-corrected chi connectivity index (χ2v) is 11.4. The summed E-state index contributed by atoms with van der Waals surface area (Å²) in [5, 5.41) is 6.40. The highest BCUT2D eigenvalue weighted by molar-refractivity contribution is 7.92. The lowest BCUT2D eigenvalue weighted by Crippen LogP contribution is -2.48. The maximum Gasteiger partial charge on any atom is 0.416 e. The van der Waals surface area contributed by atoms with Crippen LogP contribution >= 0.6 is 11.6 Å². The van der Waals surface area contributed by atoms with E-state index in [4.69, 9.17) is 16.3 Å². The number of benzene rings is 3. The predicted octanol–water partition coefficient (Wildman–Crippen LogP) is 5.28. The molecule has 0 saturated carbocycles. The minimum absolute atomic E-state index is 0.00933. The summed E-state index contributed by atoms with van der Waals surface area (Å²) in [6.07, 6.45) is -2.83. The zero-order valence-corrected chi connectivity index (χ0v) is 22.8. The predicted molar refractivity (Wildman–Crippen MR) is 143 cm³/mol. The van der Waals surface area contributed by atoms with Crippen molar-refractivity contribution in [3.05, 3.63) is 95.0 Å². The molecule has 8 nitrogen and oxygen atoms in total. The molecule has 0 saturated heterocycles. The number of alkyl halides is 3. The largest absolute Gasteiger partial charge is 0.484 e. The Morgan fingerprint density at radius 2 is 1.90 bits per heavy atom. The molecular formula is C27H21ClF4N4O4S. The molecule has 1 aliphatic heterocycles. The zero-order chi connectivity index (χ0) is 29.5. The van der Waals surface area contributed by atoms with Crippen molar-refractivity contribution in [2.24, 2.45) is 7.05 Å². The molecule has 0 radical (unpaired) electrons. The van der Waals surface area contributed by atoms with Crippen LogP contribution in [0.15, 0.2) is 78.0 Å². The summed E-state index contributed by atoms with van der Waals surface area (Å²) in [5.74, 6) is -1.07. The second kappa shape index (κ2) is 10.7. The number of hydrogen-bond donors (Lipinski definition) is 1. The van der Waals surface area contributed by atoms with E-state index in [1.165, 1.54) is 41.3 Å². The second-order valence-electron chi connectivity index (χ2n) is 9.20. The number of rotatable bonds is 6. The number of amides is 1. The van der Waals surface area contributed by atoms with Crippen LogP contribution in [0.4, 0.5) is 23.2 Å². The fraction of sp³-hybridized carbons (Fsp3) is 0.185. The van der Waals surface area contributed by atoms with Gasteiger partial charge in [-0.3, -0.25) is 13.8 Å². The summed E-state index contributed by atoms with van der Waals surface area (Å²) in [6, 6.07) is 11.9. The number of anilines is 1. The first-order valence-corrected chi connectivity index (χ1v) is 13.9. The van der Waals surface area contributed by atoms with E-state index in [1.54, 1.807) is 19.2 Å². The molecule has 3 aromatic carbocycles. The van der Waals surface area contributed by atoms with E-state index >= 15 is 0 Å². The number of ether oxygens (including phenoxy) is 1. The van der Waals surface area contributed by atoms with Gasteiger partial charge < -0.3 is 10.1 Å². The van der Waals surface area contributed by atoms with E-state index in [0.29, 0.717) is 11.6 Å². The van der Waals surface area contributed by atoms with Gasteiger partial charge in [-0.15, -0.1) is 0 Å². The normalized spacial score (nSPS) is 15.3. The molecule has 2 heterocycles. The van der Waals surface area contributed by atoms with Crippen LogP contribution in [0.1, 0.15) is 15.9 Å². The number of halogens is 5. The molecule has 1 atom stereocenters. The summed E-state index contributed by atoms with van der Waals surface area (Å²) in [4.78, 5) is 11.9. The smallest absolute Gasteiger partial charge is 0.416 e. The zero-order valence-electron chi connectivity index (χ0n) is 21.2. The fourth-order valence-corrected chi connectivity index (χ4v) is 6.13. The van der Waals surface area contributed by atoms with Gasteiger partial charge in [0, 0.05) is 18.8 Å². The van der Waals surface area contributed by atoms with Gasteiger partial charge in [0.25, 0.3) is 15.9 Å². The van der Waals surface area contributed by atoms with E-state index < -0.39 is 44.5 Å². The Balaban J connectivity index is 1.54. The van der Waals surface area contributed by atoms with Gasteiger partial charge in [-0.2, -0.15) is 18.3 Å². The Labute approximate surface area is 237 Å². The summed E-state index contributed by atoms with van der Waals surface area (Å²) in [6.45, 7) is -0.474. The Kier molecular flexibility index (Phi) is 7.43. The molecule has 1 amide bonds. The average Bonchev–Trinajstić information content (AvgIpc) is 3.38. The molecule has 1 N–H and O–H groups in total. The SMILES string of the molecule is Cn1cc(C(=O)NCC2CN(S(=O)(=O)c3cccc(C(F)(F)F)c3)c3cc(-c4cccc(F)c4Cl)ccc3O2)cn1. The summed E-state index contributed by atoms with van der Waals surface area (Å²) >= 11 is 6.15. The standard InChI is InChI=1S/C27H21ClF4N4O4S/c1-35-14-17(12-34-35)26(37)33-13-19-15-36(41(38,39)20-5-2-4-18(11-20)27(30,31)32)23-10-16(8-9-24(23)40-19)21-6-3-7-22(29)25(21)28/h2-12,14,19H,13,15H2,1H3,(H,33,37). The van der Waals surface area contributed by atoms with Crippen molar-refractivity contribution in [2.45, 2.75) is 17.2 Å². The highest BCUT2D eigenvalue weighted by Crippen LogP contribution is 2.42. The molecule has 0 spiro atoms. The van der Waals surface area contributed by atoms with Crippen molar-refractivity contribution in [3.63, 3.8) is 0 Å². The maximum absolute atomic E-state index is 14.2. The first-order valence-electron chi connectivity index (χ1n) is 12.1. The molecule has 214 valence electrons. The van der Waals surface area contributed by atoms with E-state index in [0.717, 1.165) is 22.5 Å². The minimum Gasteiger partial charge on any atom is -0.484 e. The highest BCUT2D eigenvalue weighted by Gasteiger charge is 2.37. The van der Waals surface area contributed by atoms with Gasteiger partial charge in [0.2, 0.25) is 0 Å². The van der Waals surface area contributed by atoms with Gasteiger partial charge in [-0.05, 0) is 42.0 Å². The van der Waals surface area contributed by atoms with Crippen LogP contribution in [0, 0.1) is 5.82 Å². The quantitative estimate of drug-likeness (QED) is 0.301. The third-order valence-electron chi connectivity index (χ3n) is 6.36. The molecule has 14 heteroatoms. The maximum atomic E-state index is 14.2. The first kappa shape index (κ1) is 28.4. The summed E-state index contributed by atoms with van der Waals surface area (Å²) in [7, 11) is -2.94. The molecule has 5 rings (SSSR count). The molecule has 41 heavy (non-hydrogen) atoms. The lowest BCUT2D eigenvalue weighted by molar-refractivity contribution is -0.137. The molecular weight excluding hydrogens is 588 g/mol. The van der Waals surface area contributed by atoms with Gasteiger partial charge >= 0.3 is 6.18 Å². The third kappa shape index (κ3) is 5.72. The van der Waals surface area contributed by atoms with Gasteiger partial charge in [0.1, 0.15) is 17.7 Å². The molecule has 4 aromatic rings. The minimum atomic E-state index is -4.77. The van der Waals surface area contributed by atoms with Crippen molar-refractivity contribution in [2.75, 3.05) is 17.4 Å². The van der Waals surface area contributed by atoms with Crippen molar-refractivity contribution < 1.29 is 35.5 Å². The topological polar surface area (TPSA) is 93.5 Å². The van der Waals surface area contributed by atoms with Gasteiger partial charge in [-0.25, -0.2) is 12.8 Å². The fourth-order valence-electron chi connectivity index (χ4n) is 4.35. The van der Waals surface area contributed by atoms with Crippen LogP contribution in [-0.4, -0.2) is 43.3 Å². The van der Waals surface area contributed by atoms with Crippen LogP contribution in [-0.2, 0) is 23.2 Å². The number of aryl methyl sites for hydroxylation is 1. The molecule has 0 bridgehead atoms. The van der Waals surface area contributed by atoms with Crippen LogP contribution in [0.5, 0.6) is 5.75 Å².